The highest BCUT2D eigenvalue weighted by Gasteiger charge is 2.24. The maximum Gasteiger partial charge on any atom is 0.221 e. The molecule has 1 atom stereocenters. The Morgan fingerprint density at radius 3 is 2.60 bits per heavy atom. The van der Waals surface area contributed by atoms with Crippen molar-refractivity contribution in [1.29, 1.82) is 0 Å². The zero-order valence-electron chi connectivity index (χ0n) is 5.29. The van der Waals surface area contributed by atoms with Crippen LogP contribution in [0.4, 0.5) is 0 Å². The first-order valence-corrected chi connectivity index (χ1v) is 3.01. The van der Waals surface area contributed by atoms with Gasteiger partial charge >= 0.3 is 0 Å². The quantitative estimate of drug-likeness (QED) is 0.377. The summed E-state index contributed by atoms with van der Waals surface area (Å²) in [5.74, 6) is -0.425. The van der Waals surface area contributed by atoms with Gasteiger partial charge in [-0.2, -0.15) is 0 Å². The zero-order valence-corrected chi connectivity index (χ0v) is 5.29. The van der Waals surface area contributed by atoms with Crippen LogP contribution >= 0.6 is 0 Å². The van der Waals surface area contributed by atoms with Gasteiger partial charge in [-0.1, -0.05) is 0 Å². The fourth-order valence-electron chi connectivity index (χ4n) is 0.828. The molecule has 10 heavy (non-hydrogen) atoms. The molecule has 0 aromatic carbocycles. The lowest BCUT2D eigenvalue weighted by atomic mass is 10.0. The van der Waals surface area contributed by atoms with E-state index in [0.717, 1.165) is 0 Å². The molecule has 4 nitrogen and oxygen atoms in total. The van der Waals surface area contributed by atoms with Gasteiger partial charge < -0.3 is 10.1 Å². The van der Waals surface area contributed by atoms with E-state index in [9.17, 15) is 14.4 Å². The number of aldehydes is 1. The number of hydrogen-bond acceptors (Lipinski definition) is 3. The van der Waals surface area contributed by atoms with Crippen molar-refractivity contribution in [3.05, 3.63) is 0 Å². The molecule has 1 fully saturated rings. The Balaban J connectivity index is 2.62. The van der Waals surface area contributed by atoms with Crippen molar-refractivity contribution in [2.75, 3.05) is 0 Å². The van der Waals surface area contributed by atoms with Crippen LogP contribution in [0.3, 0.4) is 0 Å². The molecular formula is C6H7NO3. The van der Waals surface area contributed by atoms with Gasteiger partial charge in [0.15, 0.2) is 5.78 Å². The number of hydrogen-bond donors (Lipinski definition) is 1. The Morgan fingerprint density at radius 2 is 2.10 bits per heavy atom. The van der Waals surface area contributed by atoms with Gasteiger partial charge in [0.2, 0.25) is 5.91 Å². The molecule has 4 heteroatoms. The summed E-state index contributed by atoms with van der Waals surface area (Å²) in [7, 11) is 0. The minimum Gasteiger partial charge on any atom is -0.340 e. The SMILES string of the molecule is O=C[C@H]1NC(=O)CCC1=O. The van der Waals surface area contributed by atoms with Crippen molar-refractivity contribution < 1.29 is 14.4 Å². The fraction of sp³-hybridized carbons (Fsp3) is 0.500. The van der Waals surface area contributed by atoms with E-state index in [2.05, 4.69) is 5.32 Å². The van der Waals surface area contributed by atoms with Crippen LogP contribution in [0.15, 0.2) is 0 Å². The summed E-state index contributed by atoms with van der Waals surface area (Å²) in [6, 6.07) is -0.888. The predicted octanol–water partition coefficient (Wildman–Crippen LogP) is -0.967. The molecule has 1 amide bonds. The van der Waals surface area contributed by atoms with Crippen LogP contribution in [0.5, 0.6) is 0 Å². The molecule has 0 aromatic heterocycles. The van der Waals surface area contributed by atoms with Crippen LogP contribution in [0.1, 0.15) is 12.8 Å². The number of Topliss-reactive ketones (excluding diaryl/α,β-unsaturated/α-hetero) is 1. The van der Waals surface area contributed by atoms with Crippen molar-refractivity contribution in [3.8, 4) is 0 Å². The summed E-state index contributed by atoms with van der Waals surface area (Å²) in [4.78, 5) is 31.4. The normalized spacial score (nSPS) is 25.8. The summed E-state index contributed by atoms with van der Waals surface area (Å²) < 4.78 is 0. The minimum atomic E-state index is -0.888. The van der Waals surface area contributed by atoms with Crippen LogP contribution in [0.2, 0.25) is 0 Å². The van der Waals surface area contributed by atoms with Crippen LogP contribution in [0.25, 0.3) is 0 Å². The summed E-state index contributed by atoms with van der Waals surface area (Å²) in [5, 5.41) is 2.26. The molecule has 1 saturated heterocycles. The standard InChI is InChI=1S/C6H7NO3/c8-3-4-5(9)1-2-6(10)7-4/h3-4H,1-2H2,(H,7,10)/t4-/m1/s1. The lowest BCUT2D eigenvalue weighted by molar-refractivity contribution is -0.135. The minimum absolute atomic E-state index is 0.190. The number of ketones is 1. The first-order valence-electron chi connectivity index (χ1n) is 3.01. The summed E-state index contributed by atoms with van der Waals surface area (Å²) in [6.07, 6.45) is 0.859. The second-order valence-corrected chi connectivity index (χ2v) is 2.15. The number of amides is 1. The monoisotopic (exact) mass is 141 g/mol. The predicted molar refractivity (Wildman–Crippen MR) is 32.2 cm³/mol. The maximum atomic E-state index is 10.7. The molecule has 1 rings (SSSR count). The van der Waals surface area contributed by atoms with Gasteiger partial charge in [-0.25, -0.2) is 0 Å². The van der Waals surface area contributed by atoms with E-state index >= 15 is 0 Å². The average molecular weight is 141 g/mol. The Bertz CT molecular complexity index is 187. The molecule has 0 aliphatic carbocycles. The Kier molecular flexibility index (Phi) is 1.80. The van der Waals surface area contributed by atoms with E-state index in [1.807, 2.05) is 0 Å². The van der Waals surface area contributed by atoms with E-state index in [1.165, 1.54) is 0 Å². The topological polar surface area (TPSA) is 63.2 Å². The lowest BCUT2D eigenvalue weighted by Crippen LogP contribution is -2.46. The highest BCUT2D eigenvalue weighted by Crippen LogP contribution is 2.01. The van der Waals surface area contributed by atoms with E-state index in [0.29, 0.717) is 6.29 Å². The number of carbonyl (C=O) groups excluding carboxylic acids is 3. The van der Waals surface area contributed by atoms with Gasteiger partial charge in [0.1, 0.15) is 12.3 Å². The lowest BCUT2D eigenvalue weighted by Gasteiger charge is -2.15. The molecule has 54 valence electrons. The second kappa shape index (κ2) is 2.60. The maximum absolute atomic E-state index is 10.7. The molecule has 1 aliphatic rings. The smallest absolute Gasteiger partial charge is 0.221 e. The van der Waals surface area contributed by atoms with Gasteiger partial charge in [-0.3, -0.25) is 9.59 Å². The molecule has 1 aliphatic heterocycles. The van der Waals surface area contributed by atoms with E-state index < -0.39 is 6.04 Å². The summed E-state index contributed by atoms with van der Waals surface area (Å²) in [6.45, 7) is 0. The molecule has 1 N–H and O–H groups in total. The number of rotatable bonds is 1. The number of carbonyl (C=O) groups is 3. The van der Waals surface area contributed by atoms with E-state index in [1.54, 1.807) is 0 Å². The molecule has 1 heterocycles. The van der Waals surface area contributed by atoms with Crippen LogP contribution in [-0.2, 0) is 14.4 Å². The number of piperidine rings is 1. The van der Waals surface area contributed by atoms with Gasteiger partial charge in [0, 0.05) is 12.8 Å². The van der Waals surface area contributed by atoms with E-state index in [-0.39, 0.29) is 24.5 Å². The largest absolute Gasteiger partial charge is 0.340 e. The van der Waals surface area contributed by atoms with Gasteiger partial charge in [0.05, 0.1) is 0 Å². The molecule has 0 radical (unpaired) electrons. The Labute approximate surface area is 57.6 Å². The zero-order chi connectivity index (χ0) is 7.56. The Hall–Kier alpha value is -1.19. The van der Waals surface area contributed by atoms with Crippen LogP contribution in [0, 0.1) is 0 Å². The summed E-state index contributed by atoms with van der Waals surface area (Å²) >= 11 is 0. The third-order valence-electron chi connectivity index (χ3n) is 1.40. The molecular weight excluding hydrogens is 134 g/mol. The third kappa shape index (κ3) is 1.21. The fourth-order valence-corrected chi connectivity index (χ4v) is 0.828. The molecule has 0 unspecified atom stereocenters. The van der Waals surface area contributed by atoms with Crippen molar-refractivity contribution in [2.24, 2.45) is 0 Å². The molecule has 0 saturated carbocycles. The first kappa shape index (κ1) is 6.92. The first-order chi connectivity index (χ1) is 4.74. The second-order valence-electron chi connectivity index (χ2n) is 2.15. The highest BCUT2D eigenvalue weighted by atomic mass is 16.2. The van der Waals surface area contributed by atoms with Gasteiger partial charge in [-0.15, -0.1) is 0 Å². The third-order valence-corrected chi connectivity index (χ3v) is 1.40. The summed E-state index contributed by atoms with van der Waals surface area (Å²) in [5.41, 5.74) is 0. The Morgan fingerprint density at radius 1 is 1.40 bits per heavy atom. The van der Waals surface area contributed by atoms with Crippen LogP contribution < -0.4 is 5.32 Å². The molecule has 0 bridgehead atoms. The average Bonchev–Trinajstić information content (AvgIpc) is 1.94. The van der Waals surface area contributed by atoms with Crippen molar-refractivity contribution >= 4 is 18.0 Å². The van der Waals surface area contributed by atoms with Gasteiger partial charge in [-0.05, 0) is 0 Å². The number of nitrogens with one attached hydrogen (secondary N) is 1. The highest BCUT2D eigenvalue weighted by molar-refractivity contribution is 6.04. The van der Waals surface area contributed by atoms with Crippen molar-refractivity contribution in [1.82, 2.24) is 5.32 Å². The molecule has 0 aromatic rings. The van der Waals surface area contributed by atoms with Crippen LogP contribution in [-0.4, -0.2) is 24.0 Å². The van der Waals surface area contributed by atoms with E-state index in [4.69, 9.17) is 0 Å². The van der Waals surface area contributed by atoms with Gasteiger partial charge in [0.25, 0.3) is 0 Å². The van der Waals surface area contributed by atoms with Crippen molar-refractivity contribution in [3.63, 3.8) is 0 Å². The van der Waals surface area contributed by atoms with Crippen molar-refractivity contribution in [2.45, 2.75) is 18.9 Å². The molecule has 0 spiro atoms.